The first kappa shape index (κ1) is 18.4. The van der Waals surface area contributed by atoms with Crippen LogP contribution in [0.15, 0.2) is 0 Å². The van der Waals surface area contributed by atoms with Gasteiger partial charge in [0.2, 0.25) is 18.0 Å². The van der Waals surface area contributed by atoms with Crippen molar-refractivity contribution in [2.75, 3.05) is 20.1 Å². The van der Waals surface area contributed by atoms with Crippen molar-refractivity contribution in [3.63, 3.8) is 0 Å². The van der Waals surface area contributed by atoms with Crippen molar-refractivity contribution in [3.05, 3.63) is 0 Å². The van der Waals surface area contributed by atoms with Gasteiger partial charge in [-0.1, -0.05) is 13.8 Å². The Labute approximate surface area is 119 Å². The minimum absolute atomic E-state index is 0.198. The van der Waals surface area contributed by atoms with Gasteiger partial charge >= 0.3 is 5.97 Å². The highest BCUT2D eigenvalue weighted by molar-refractivity contribution is 5.87. The molecule has 0 aromatic rings. The Kier molecular flexibility index (Phi) is 9.36. The van der Waals surface area contributed by atoms with Crippen molar-refractivity contribution in [3.8, 4) is 0 Å². The predicted octanol–water partition coefficient (Wildman–Crippen LogP) is 0.162. The topological polar surface area (TPSA) is 98.7 Å². The molecule has 116 valence electrons. The first-order chi connectivity index (χ1) is 9.40. The van der Waals surface area contributed by atoms with Gasteiger partial charge in [0.25, 0.3) is 0 Å². The average Bonchev–Trinajstić information content (AvgIpc) is 2.36. The van der Waals surface area contributed by atoms with E-state index in [2.05, 4.69) is 10.6 Å². The first-order valence-electron chi connectivity index (χ1n) is 6.90. The standard InChI is InChI=1S/C13H25N3O4/c1-4-6-10(17)14-12(13(19)20)15-11(18)7-9-16(3)8-5-2/h12H,4-9H2,1-3H3,(H,14,17)(H,15,18)(H,19,20). The number of carboxylic acids is 1. The van der Waals surface area contributed by atoms with E-state index in [1.54, 1.807) is 0 Å². The van der Waals surface area contributed by atoms with E-state index in [1.165, 1.54) is 0 Å². The first-order valence-corrected chi connectivity index (χ1v) is 6.90. The van der Waals surface area contributed by atoms with E-state index in [4.69, 9.17) is 5.11 Å². The van der Waals surface area contributed by atoms with E-state index in [0.29, 0.717) is 13.0 Å². The zero-order valence-corrected chi connectivity index (χ0v) is 12.4. The summed E-state index contributed by atoms with van der Waals surface area (Å²) in [4.78, 5) is 36.0. The molecule has 0 aromatic carbocycles. The van der Waals surface area contributed by atoms with Gasteiger partial charge < -0.3 is 20.6 Å². The Hall–Kier alpha value is -1.63. The Balaban J connectivity index is 4.21. The average molecular weight is 287 g/mol. The third kappa shape index (κ3) is 8.47. The number of aliphatic carboxylic acids is 1. The van der Waals surface area contributed by atoms with Crippen molar-refractivity contribution in [2.24, 2.45) is 0 Å². The maximum Gasteiger partial charge on any atom is 0.347 e. The van der Waals surface area contributed by atoms with E-state index in [-0.39, 0.29) is 18.7 Å². The van der Waals surface area contributed by atoms with Crippen LogP contribution in [0.3, 0.4) is 0 Å². The summed E-state index contributed by atoms with van der Waals surface area (Å²) >= 11 is 0. The molecule has 1 atom stereocenters. The van der Waals surface area contributed by atoms with Crippen molar-refractivity contribution in [1.29, 1.82) is 0 Å². The van der Waals surface area contributed by atoms with Crippen LogP contribution in [0.2, 0.25) is 0 Å². The van der Waals surface area contributed by atoms with Crippen LogP contribution in [0.25, 0.3) is 0 Å². The van der Waals surface area contributed by atoms with Gasteiger partial charge in [-0.25, -0.2) is 4.79 Å². The number of nitrogens with zero attached hydrogens (tertiary/aromatic N) is 1. The van der Waals surface area contributed by atoms with E-state index in [1.807, 2.05) is 25.8 Å². The Bertz CT molecular complexity index is 334. The zero-order chi connectivity index (χ0) is 15.5. The van der Waals surface area contributed by atoms with Crippen LogP contribution in [0.5, 0.6) is 0 Å². The van der Waals surface area contributed by atoms with Crippen molar-refractivity contribution in [1.82, 2.24) is 15.5 Å². The summed E-state index contributed by atoms with van der Waals surface area (Å²) in [6.45, 7) is 5.29. The summed E-state index contributed by atoms with van der Waals surface area (Å²) in [6.07, 6.45) is 0.678. The van der Waals surface area contributed by atoms with Gasteiger partial charge in [-0.05, 0) is 26.4 Å². The molecule has 0 aliphatic heterocycles. The molecule has 3 N–H and O–H groups in total. The van der Waals surface area contributed by atoms with Crippen molar-refractivity contribution in [2.45, 2.75) is 45.7 Å². The molecule has 1 unspecified atom stereocenters. The zero-order valence-electron chi connectivity index (χ0n) is 12.4. The molecule has 0 aliphatic rings. The highest BCUT2D eigenvalue weighted by atomic mass is 16.4. The number of hydrogen-bond donors (Lipinski definition) is 3. The lowest BCUT2D eigenvalue weighted by Gasteiger charge is -2.18. The summed E-state index contributed by atoms with van der Waals surface area (Å²) < 4.78 is 0. The van der Waals surface area contributed by atoms with Gasteiger partial charge in [0.1, 0.15) is 0 Å². The molecule has 0 rings (SSSR count). The SMILES string of the molecule is CCCC(=O)NC(NC(=O)CCN(C)CCC)C(=O)O. The lowest BCUT2D eigenvalue weighted by atomic mass is 10.3. The molecule has 0 aromatic heterocycles. The fourth-order valence-electron chi connectivity index (χ4n) is 1.64. The van der Waals surface area contributed by atoms with E-state index < -0.39 is 18.0 Å². The van der Waals surface area contributed by atoms with Crippen LogP contribution in [-0.2, 0) is 14.4 Å². The van der Waals surface area contributed by atoms with E-state index in [0.717, 1.165) is 13.0 Å². The number of hydrogen-bond acceptors (Lipinski definition) is 4. The summed E-state index contributed by atoms with van der Waals surface area (Å²) in [5.41, 5.74) is 0. The number of rotatable bonds is 10. The number of nitrogens with one attached hydrogen (secondary N) is 2. The second-order valence-corrected chi connectivity index (χ2v) is 4.71. The number of amides is 2. The van der Waals surface area contributed by atoms with E-state index >= 15 is 0 Å². The fourth-order valence-corrected chi connectivity index (χ4v) is 1.64. The molecule has 0 saturated carbocycles. The quantitative estimate of drug-likeness (QED) is 0.497. The lowest BCUT2D eigenvalue weighted by molar-refractivity contribution is -0.145. The molecule has 0 fully saturated rings. The van der Waals surface area contributed by atoms with Crippen LogP contribution >= 0.6 is 0 Å². The molecule has 0 heterocycles. The molecule has 0 bridgehead atoms. The Morgan fingerprint density at radius 2 is 1.55 bits per heavy atom. The normalized spacial score (nSPS) is 12.0. The highest BCUT2D eigenvalue weighted by Gasteiger charge is 2.21. The van der Waals surface area contributed by atoms with Gasteiger partial charge in [-0.2, -0.15) is 0 Å². The van der Waals surface area contributed by atoms with Gasteiger partial charge in [0.05, 0.1) is 0 Å². The molecular weight excluding hydrogens is 262 g/mol. The maximum absolute atomic E-state index is 11.7. The second kappa shape index (κ2) is 10.2. The minimum atomic E-state index is -1.36. The van der Waals surface area contributed by atoms with Crippen LogP contribution < -0.4 is 10.6 Å². The molecule has 0 spiro atoms. The molecule has 0 radical (unpaired) electrons. The minimum Gasteiger partial charge on any atom is -0.478 e. The maximum atomic E-state index is 11.7. The van der Waals surface area contributed by atoms with Crippen molar-refractivity contribution < 1.29 is 19.5 Å². The number of carboxylic acid groups (broad SMARTS) is 1. The van der Waals surface area contributed by atoms with Gasteiger partial charge in [-0.15, -0.1) is 0 Å². The second-order valence-electron chi connectivity index (χ2n) is 4.71. The van der Waals surface area contributed by atoms with Crippen LogP contribution in [0, 0.1) is 0 Å². The molecule has 0 aliphatic carbocycles. The fraction of sp³-hybridized carbons (Fsp3) is 0.769. The van der Waals surface area contributed by atoms with Gasteiger partial charge in [-0.3, -0.25) is 9.59 Å². The summed E-state index contributed by atoms with van der Waals surface area (Å²) in [5.74, 6) is -2.05. The molecule has 7 heteroatoms. The molecular formula is C13H25N3O4. The van der Waals surface area contributed by atoms with Gasteiger partial charge in [0, 0.05) is 19.4 Å². The molecule has 2 amide bonds. The molecule has 7 nitrogen and oxygen atoms in total. The summed E-state index contributed by atoms with van der Waals surface area (Å²) in [5, 5.41) is 13.5. The third-order valence-electron chi connectivity index (χ3n) is 2.66. The Morgan fingerprint density at radius 3 is 2.00 bits per heavy atom. The monoisotopic (exact) mass is 287 g/mol. The van der Waals surface area contributed by atoms with Crippen molar-refractivity contribution >= 4 is 17.8 Å². The van der Waals surface area contributed by atoms with Crippen LogP contribution in [-0.4, -0.2) is 54.1 Å². The van der Waals surface area contributed by atoms with Crippen LogP contribution in [0.1, 0.15) is 39.5 Å². The molecule has 20 heavy (non-hydrogen) atoms. The lowest BCUT2D eigenvalue weighted by Crippen LogP contribution is -2.53. The van der Waals surface area contributed by atoms with Crippen LogP contribution in [0.4, 0.5) is 0 Å². The largest absolute Gasteiger partial charge is 0.478 e. The summed E-state index contributed by atoms with van der Waals surface area (Å²) in [6, 6.07) is 0. The number of carbonyl (C=O) groups excluding carboxylic acids is 2. The third-order valence-corrected chi connectivity index (χ3v) is 2.66. The van der Waals surface area contributed by atoms with Gasteiger partial charge in [0.15, 0.2) is 0 Å². The molecule has 0 saturated heterocycles. The highest BCUT2D eigenvalue weighted by Crippen LogP contribution is 1.92. The smallest absolute Gasteiger partial charge is 0.347 e. The predicted molar refractivity (Wildman–Crippen MR) is 75.0 cm³/mol. The van der Waals surface area contributed by atoms with E-state index in [9.17, 15) is 14.4 Å². The summed E-state index contributed by atoms with van der Waals surface area (Å²) in [7, 11) is 1.90. The Morgan fingerprint density at radius 1 is 1.00 bits per heavy atom. The number of carbonyl (C=O) groups is 3.